The lowest BCUT2D eigenvalue weighted by Gasteiger charge is -2.20. The van der Waals surface area contributed by atoms with Crippen molar-refractivity contribution in [2.45, 2.75) is 26.8 Å². The van der Waals surface area contributed by atoms with Crippen molar-refractivity contribution in [1.29, 1.82) is 0 Å². The zero-order chi connectivity index (χ0) is 15.9. The quantitative estimate of drug-likeness (QED) is 0.855. The van der Waals surface area contributed by atoms with Gasteiger partial charge in [0.2, 0.25) is 0 Å². The molecule has 5 heteroatoms. The van der Waals surface area contributed by atoms with Crippen LogP contribution in [0.5, 0.6) is 0 Å². The Kier molecular flexibility index (Phi) is 3.58. The number of allylic oxidation sites excluding steroid dienone is 1. The highest BCUT2D eigenvalue weighted by molar-refractivity contribution is 5.97. The number of hydrogen-bond donors (Lipinski definition) is 0. The predicted octanol–water partition coefficient (Wildman–Crippen LogP) is 3.03. The van der Waals surface area contributed by atoms with Crippen molar-refractivity contribution in [1.82, 2.24) is 14.8 Å². The molecule has 0 fully saturated rings. The fourth-order valence-electron chi connectivity index (χ4n) is 2.92. The van der Waals surface area contributed by atoms with Crippen molar-refractivity contribution in [3.63, 3.8) is 0 Å². The van der Waals surface area contributed by atoms with Crippen LogP contribution in [0, 0.1) is 13.8 Å². The van der Waals surface area contributed by atoms with Gasteiger partial charge in [0.1, 0.15) is 11.8 Å². The maximum absolute atomic E-state index is 13.0. The zero-order valence-electron chi connectivity index (χ0n) is 13.2. The summed E-state index contributed by atoms with van der Waals surface area (Å²) in [4.78, 5) is 18.6. The first-order valence-electron chi connectivity index (χ1n) is 7.23. The molecule has 0 saturated heterocycles. The van der Waals surface area contributed by atoms with E-state index in [0.29, 0.717) is 11.3 Å². The first kappa shape index (κ1) is 14.5. The molecule has 0 aliphatic carbocycles. The van der Waals surface area contributed by atoms with Crippen molar-refractivity contribution in [2.75, 3.05) is 7.05 Å². The van der Waals surface area contributed by atoms with E-state index >= 15 is 0 Å². The van der Waals surface area contributed by atoms with Crippen LogP contribution in [0.1, 0.15) is 34.7 Å². The second-order valence-electron chi connectivity index (χ2n) is 5.56. The number of rotatable bonds is 2. The molecule has 1 aromatic heterocycles. The number of aryl methyl sites for hydroxylation is 2. The normalized spacial score (nSPS) is 18.6. The Labute approximate surface area is 129 Å². The summed E-state index contributed by atoms with van der Waals surface area (Å²) in [6, 6.07) is 11.5. The lowest BCUT2D eigenvalue weighted by atomic mass is 9.98. The number of carbonyl (C=O) groups is 1. The van der Waals surface area contributed by atoms with E-state index in [1.165, 1.54) is 4.68 Å². The summed E-state index contributed by atoms with van der Waals surface area (Å²) < 4.78 is 1.45. The molecule has 1 aliphatic heterocycles. The van der Waals surface area contributed by atoms with E-state index in [9.17, 15) is 4.79 Å². The Balaban J connectivity index is 2.05. The van der Waals surface area contributed by atoms with Crippen molar-refractivity contribution in [2.24, 2.45) is 0 Å². The molecule has 114 valence electrons. The van der Waals surface area contributed by atoms with Gasteiger partial charge in [0.05, 0.1) is 11.3 Å². The first-order valence-corrected chi connectivity index (χ1v) is 7.23. The van der Waals surface area contributed by atoms with E-state index in [2.05, 4.69) is 5.10 Å². The monoisotopic (exact) mass is 297 g/mol. The van der Waals surface area contributed by atoms with Crippen LogP contribution in [-0.2, 0) is 4.84 Å². The second kappa shape index (κ2) is 5.42. The standard InChI is InChI=1S/C17H19N3O2/c1-11-10-12(2)20(18-11)17(21)15-13(3)22-19(4)16(15)14-8-6-5-7-9-14/h5-10,16H,1-4H3/t16-/m0/s1. The largest absolute Gasteiger partial charge is 0.410 e. The molecule has 1 aliphatic rings. The molecule has 2 aromatic rings. The highest BCUT2D eigenvalue weighted by Gasteiger charge is 2.37. The SMILES string of the molecule is CC1=C(C(=O)n2nc(C)cc2C)[C@H](c2ccccc2)N(C)O1. The Morgan fingerprint density at radius 3 is 2.45 bits per heavy atom. The Morgan fingerprint density at radius 2 is 1.86 bits per heavy atom. The van der Waals surface area contributed by atoms with Gasteiger partial charge in [0, 0.05) is 12.7 Å². The van der Waals surface area contributed by atoms with Crippen LogP contribution in [0.4, 0.5) is 0 Å². The Hall–Kier alpha value is -2.40. The Morgan fingerprint density at radius 1 is 1.18 bits per heavy atom. The molecule has 0 spiro atoms. The van der Waals surface area contributed by atoms with E-state index in [4.69, 9.17) is 4.84 Å². The molecule has 0 unspecified atom stereocenters. The predicted molar refractivity (Wildman–Crippen MR) is 83.1 cm³/mol. The van der Waals surface area contributed by atoms with Crippen molar-refractivity contribution in [3.05, 3.63) is 64.7 Å². The van der Waals surface area contributed by atoms with Crippen molar-refractivity contribution < 1.29 is 9.63 Å². The van der Waals surface area contributed by atoms with E-state index in [1.807, 2.05) is 64.2 Å². The van der Waals surface area contributed by atoms with Crippen molar-refractivity contribution >= 4 is 5.91 Å². The van der Waals surface area contributed by atoms with Crippen LogP contribution in [-0.4, -0.2) is 27.8 Å². The maximum atomic E-state index is 13.0. The number of hydrogen-bond acceptors (Lipinski definition) is 4. The number of likely N-dealkylation sites (N-methyl/N-ethyl adjacent to an activating group) is 1. The number of benzene rings is 1. The minimum atomic E-state index is -0.224. The molecule has 1 aromatic carbocycles. The summed E-state index contributed by atoms with van der Waals surface area (Å²) in [6.07, 6.45) is 0. The highest BCUT2D eigenvalue weighted by Crippen LogP contribution is 2.37. The highest BCUT2D eigenvalue weighted by atomic mass is 16.7. The molecule has 0 N–H and O–H groups in total. The molecule has 1 atom stereocenters. The van der Waals surface area contributed by atoms with Gasteiger partial charge in [-0.1, -0.05) is 30.3 Å². The minimum Gasteiger partial charge on any atom is -0.410 e. The van der Waals surface area contributed by atoms with Gasteiger partial charge in [0.15, 0.2) is 0 Å². The number of carbonyl (C=O) groups excluding carboxylic acids is 1. The number of hydroxylamine groups is 2. The van der Waals surface area contributed by atoms with Gasteiger partial charge in [-0.2, -0.15) is 5.10 Å². The zero-order valence-corrected chi connectivity index (χ0v) is 13.2. The molecule has 0 saturated carbocycles. The third kappa shape index (κ3) is 2.33. The Bertz CT molecular complexity index is 747. The van der Waals surface area contributed by atoms with Gasteiger partial charge in [0.25, 0.3) is 5.91 Å². The van der Waals surface area contributed by atoms with Gasteiger partial charge in [-0.3, -0.25) is 4.79 Å². The third-order valence-electron chi connectivity index (χ3n) is 3.84. The summed E-state index contributed by atoms with van der Waals surface area (Å²) in [6.45, 7) is 5.58. The molecule has 3 rings (SSSR count). The van der Waals surface area contributed by atoms with Crippen LogP contribution in [0.3, 0.4) is 0 Å². The molecule has 0 amide bonds. The molecular weight excluding hydrogens is 278 g/mol. The first-order chi connectivity index (χ1) is 10.5. The molecular formula is C17H19N3O2. The van der Waals surface area contributed by atoms with Crippen LogP contribution >= 0.6 is 0 Å². The van der Waals surface area contributed by atoms with Gasteiger partial charge >= 0.3 is 0 Å². The van der Waals surface area contributed by atoms with E-state index in [0.717, 1.165) is 17.0 Å². The van der Waals surface area contributed by atoms with Crippen LogP contribution in [0.15, 0.2) is 47.7 Å². The number of aromatic nitrogens is 2. The summed E-state index contributed by atoms with van der Waals surface area (Å²) in [5.41, 5.74) is 3.29. The summed E-state index contributed by atoms with van der Waals surface area (Å²) in [7, 11) is 1.84. The van der Waals surface area contributed by atoms with Crippen LogP contribution in [0.25, 0.3) is 0 Å². The van der Waals surface area contributed by atoms with Gasteiger partial charge in [-0.05, 0) is 32.4 Å². The molecule has 2 heterocycles. The van der Waals surface area contributed by atoms with Crippen LogP contribution in [0.2, 0.25) is 0 Å². The topological polar surface area (TPSA) is 47.4 Å². The molecule has 0 radical (unpaired) electrons. The fraction of sp³-hybridized carbons (Fsp3) is 0.294. The average molecular weight is 297 g/mol. The average Bonchev–Trinajstić information content (AvgIpc) is 2.97. The second-order valence-corrected chi connectivity index (χ2v) is 5.56. The molecule has 5 nitrogen and oxygen atoms in total. The molecule has 22 heavy (non-hydrogen) atoms. The lowest BCUT2D eigenvalue weighted by molar-refractivity contribution is -0.0945. The van der Waals surface area contributed by atoms with E-state index in [1.54, 1.807) is 5.06 Å². The van der Waals surface area contributed by atoms with Gasteiger partial charge in [-0.25, -0.2) is 4.68 Å². The van der Waals surface area contributed by atoms with E-state index in [-0.39, 0.29) is 11.9 Å². The van der Waals surface area contributed by atoms with Crippen LogP contribution < -0.4 is 0 Å². The maximum Gasteiger partial charge on any atom is 0.279 e. The number of nitrogens with zero attached hydrogens (tertiary/aromatic N) is 3. The summed E-state index contributed by atoms with van der Waals surface area (Å²) >= 11 is 0. The lowest BCUT2D eigenvalue weighted by Crippen LogP contribution is -2.25. The van der Waals surface area contributed by atoms with E-state index < -0.39 is 0 Å². The van der Waals surface area contributed by atoms with Gasteiger partial charge < -0.3 is 4.84 Å². The van der Waals surface area contributed by atoms with Gasteiger partial charge in [-0.15, -0.1) is 5.06 Å². The minimum absolute atomic E-state index is 0.138. The summed E-state index contributed by atoms with van der Waals surface area (Å²) in [5.74, 6) is 0.482. The smallest absolute Gasteiger partial charge is 0.279 e. The third-order valence-corrected chi connectivity index (χ3v) is 3.84. The van der Waals surface area contributed by atoms with Crippen molar-refractivity contribution in [3.8, 4) is 0 Å². The fourth-order valence-corrected chi connectivity index (χ4v) is 2.92. The molecule has 0 bridgehead atoms. The summed E-state index contributed by atoms with van der Waals surface area (Å²) in [5, 5.41) is 6.01.